The Morgan fingerprint density at radius 3 is 2.45 bits per heavy atom. The Labute approximate surface area is 181 Å². The van der Waals surface area contributed by atoms with Crippen molar-refractivity contribution in [2.75, 3.05) is 13.2 Å². The van der Waals surface area contributed by atoms with Crippen molar-refractivity contribution in [3.8, 4) is 11.5 Å². The molecular formula is C21H14F4N2O6. The predicted octanol–water partition coefficient (Wildman–Crippen LogP) is 2.66. The maximum absolute atomic E-state index is 14.1. The molecule has 0 saturated carbocycles. The number of hydrogen-bond donors (Lipinski definition) is 3. The first-order valence-corrected chi connectivity index (χ1v) is 9.39. The lowest BCUT2D eigenvalue weighted by Crippen LogP contribution is -2.39. The molecule has 0 spiro atoms. The minimum Gasteiger partial charge on any atom is -0.506 e. The van der Waals surface area contributed by atoms with Gasteiger partial charge < -0.3 is 20.3 Å². The Hall–Kier alpha value is -4.09. The zero-order valence-corrected chi connectivity index (χ0v) is 16.4. The maximum atomic E-state index is 14.1. The largest absolute Gasteiger partial charge is 0.506 e. The second kappa shape index (κ2) is 7.80. The highest BCUT2D eigenvalue weighted by atomic mass is 19.4. The fraction of sp³-hybridized carbons (Fsp3) is 0.190. The summed E-state index contributed by atoms with van der Waals surface area (Å²) in [7, 11) is 0. The molecule has 172 valence electrons. The molecule has 0 fully saturated rings. The molecule has 1 aliphatic heterocycles. The van der Waals surface area contributed by atoms with Crippen molar-refractivity contribution in [2.24, 2.45) is 0 Å². The zero-order chi connectivity index (χ0) is 24.1. The number of pyridine rings is 1. The van der Waals surface area contributed by atoms with Gasteiger partial charge in [0.05, 0.1) is 17.1 Å². The van der Waals surface area contributed by atoms with Crippen LogP contribution in [0.5, 0.6) is 11.5 Å². The molecule has 0 saturated heterocycles. The summed E-state index contributed by atoms with van der Waals surface area (Å²) < 4.78 is 59.5. The van der Waals surface area contributed by atoms with Crippen LogP contribution in [0.1, 0.15) is 27.5 Å². The van der Waals surface area contributed by atoms with Gasteiger partial charge in [0.2, 0.25) is 0 Å². The number of hydrogen-bond acceptors (Lipinski definition) is 5. The third kappa shape index (κ3) is 3.83. The Bertz CT molecular complexity index is 1350. The van der Waals surface area contributed by atoms with Crippen molar-refractivity contribution in [3.05, 3.63) is 69.3 Å². The van der Waals surface area contributed by atoms with Crippen LogP contribution in [0.25, 0.3) is 10.9 Å². The predicted molar refractivity (Wildman–Crippen MR) is 105 cm³/mol. The first-order chi connectivity index (χ1) is 15.5. The highest BCUT2D eigenvalue weighted by molar-refractivity contribution is 6.04. The monoisotopic (exact) mass is 466 g/mol. The fourth-order valence-electron chi connectivity index (χ4n) is 3.70. The van der Waals surface area contributed by atoms with Gasteiger partial charge in [0.25, 0.3) is 11.5 Å². The Morgan fingerprint density at radius 1 is 1.18 bits per heavy atom. The van der Waals surface area contributed by atoms with Gasteiger partial charge in [-0.3, -0.25) is 19.0 Å². The minimum absolute atomic E-state index is 0.0650. The molecule has 2 aromatic carbocycles. The van der Waals surface area contributed by atoms with Gasteiger partial charge in [-0.2, -0.15) is 13.2 Å². The summed E-state index contributed by atoms with van der Waals surface area (Å²) in [5.74, 6) is -4.46. The average Bonchev–Trinajstić information content (AvgIpc) is 2.75. The van der Waals surface area contributed by atoms with E-state index in [1.54, 1.807) is 0 Å². The lowest BCUT2D eigenvalue weighted by atomic mass is 10.0. The summed E-state index contributed by atoms with van der Waals surface area (Å²) in [6.07, 6.45) is -4.58. The van der Waals surface area contributed by atoms with Crippen molar-refractivity contribution in [1.29, 1.82) is 0 Å². The summed E-state index contributed by atoms with van der Waals surface area (Å²) >= 11 is 0. The smallest absolute Gasteiger partial charge is 0.416 e. The third-order valence-corrected chi connectivity index (χ3v) is 5.16. The van der Waals surface area contributed by atoms with Crippen LogP contribution >= 0.6 is 0 Å². The van der Waals surface area contributed by atoms with Crippen LogP contribution in [-0.2, 0) is 11.0 Å². The highest BCUT2D eigenvalue weighted by Crippen LogP contribution is 2.39. The number of amides is 1. The van der Waals surface area contributed by atoms with Crippen LogP contribution in [0.15, 0.2) is 41.2 Å². The number of nitrogens with zero attached hydrogens (tertiary/aromatic N) is 1. The number of carbonyl (C=O) groups is 2. The molecule has 2 heterocycles. The van der Waals surface area contributed by atoms with Crippen LogP contribution < -0.4 is 15.6 Å². The third-order valence-electron chi connectivity index (χ3n) is 5.16. The van der Waals surface area contributed by atoms with Crippen LogP contribution in [0, 0.1) is 5.82 Å². The molecule has 0 radical (unpaired) electrons. The molecule has 33 heavy (non-hydrogen) atoms. The minimum atomic E-state index is -4.58. The number of benzene rings is 2. The van der Waals surface area contributed by atoms with Gasteiger partial charge in [0, 0.05) is 11.5 Å². The molecule has 3 aromatic rings. The first kappa shape index (κ1) is 22.1. The molecule has 1 unspecified atom stereocenters. The van der Waals surface area contributed by atoms with E-state index in [9.17, 15) is 37.1 Å². The molecule has 1 atom stereocenters. The highest BCUT2D eigenvalue weighted by Gasteiger charge is 2.34. The lowest BCUT2D eigenvalue weighted by molar-refractivity contribution is -0.138. The number of carboxylic acid groups (broad SMARTS) is 1. The summed E-state index contributed by atoms with van der Waals surface area (Å²) in [5.41, 5.74) is -2.64. The Balaban J connectivity index is 1.94. The molecule has 1 amide bonds. The van der Waals surface area contributed by atoms with E-state index in [2.05, 4.69) is 0 Å². The maximum Gasteiger partial charge on any atom is 0.416 e. The Kier molecular flexibility index (Phi) is 5.23. The van der Waals surface area contributed by atoms with Gasteiger partial charge >= 0.3 is 12.1 Å². The van der Waals surface area contributed by atoms with Gasteiger partial charge in [-0.1, -0.05) is 12.1 Å². The number of carbonyl (C=O) groups excluding carboxylic acids is 1. The van der Waals surface area contributed by atoms with Crippen LogP contribution in [0.4, 0.5) is 17.6 Å². The Morgan fingerprint density at radius 2 is 1.85 bits per heavy atom. The van der Waals surface area contributed by atoms with Crippen LogP contribution in [0.3, 0.4) is 0 Å². The summed E-state index contributed by atoms with van der Waals surface area (Å²) in [6, 6.07) is 4.71. The fourth-order valence-corrected chi connectivity index (χ4v) is 3.70. The van der Waals surface area contributed by atoms with E-state index in [-0.39, 0.29) is 28.8 Å². The van der Waals surface area contributed by atoms with E-state index in [0.717, 1.165) is 41.0 Å². The van der Waals surface area contributed by atoms with Crippen molar-refractivity contribution < 1.29 is 42.1 Å². The van der Waals surface area contributed by atoms with Crippen molar-refractivity contribution >= 4 is 22.8 Å². The van der Waals surface area contributed by atoms with Gasteiger partial charge in [0.15, 0.2) is 0 Å². The first-order valence-electron chi connectivity index (χ1n) is 9.39. The summed E-state index contributed by atoms with van der Waals surface area (Å²) in [5, 5.41) is 21.0. The standard InChI is InChI=1S/C21H14F4N2O6/c22-11-5-12-17-14(6-11)33-8-13(9-1-3-10(4-2-9)21(23,24)25)27(17)20(32)16(18(12)30)19(31)26-7-15(28)29/h1-6,13,30H,7-8H2,(H,26,31)(H,28,29). The zero-order valence-electron chi connectivity index (χ0n) is 16.4. The van der Waals surface area contributed by atoms with Gasteiger partial charge in [-0.15, -0.1) is 0 Å². The average molecular weight is 466 g/mol. The second-order valence-corrected chi connectivity index (χ2v) is 7.22. The second-order valence-electron chi connectivity index (χ2n) is 7.22. The van der Waals surface area contributed by atoms with E-state index in [0.29, 0.717) is 0 Å². The number of aliphatic carboxylic acids is 1. The van der Waals surface area contributed by atoms with Crippen molar-refractivity contribution in [1.82, 2.24) is 9.88 Å². The normalized spacial score (nSPS) is 15.2. The summed E-state index contributed by atoms with van der Waals surface area (Å²) in [6.45, 7) is -1.13. The van der Waals surface area contributed by atoms with Gasteiger partial charge in [-0.25, -0.2) is 4.39 Å². The molecular weight excluding hydrogens is 452 g/mol. The molecule has 0 aliphatic carbocycles. The molecule has 1 aliphatic rings. The van der Waals surface area contributed by atoms with Crippen molar-refractivity contribution in [3.63, 3.8) is 0 Å². The molecule has 8 nitrogen and oxygen atoms in total. The number of rotatable bonds is 4. The van der Waals surface area contributed by atoms with Gasteiger partial charge in [0.1, 0.15) is 36.0 Å². The number of ether oxygens (including phenoxy) is 1. The molecule has 4 rings (SSSR count). The van der Waals surface area contributed by atoms with E-state index >= 15 is 0 Å². The van der Waals surface area contributed by atoms with Crippen LogP contribution in [0.2, 0.25) is 0 Å². The number of aromatic nitrogens is 1. The van der Waals surface area contributed by atoms with E-state index in [4.69, 9.17) is 9.84 Å². The topological polar surface area (TPSA) is 118 Å². The van der Waals surface area contributed by atoms with E-state index in [1.165, 1.54) is 0 Å². The SMILES string of the molecule is O=C(O)CNC(=O)c1c(O)c2cc(F)cc3c2n(c1=O)C(c1ccc(C(F)(F)F)cc1)CO3. The van der Waals surface area contributed by atoms with Gasteiger partial charge in [-0.05, 0) is 23.8 Å². The number of halogens is 4. The number of nitrogens with one attached hydrogen (secondary N) is 1. The number of alkyl halides is 3. The van der Waals surface area contributed by atoms with Crippen molar-refractivity contribution in [2.45, 2.75) is 12.2 Å². The molecule has 12 heteroatoms. The molecule has 0 bridgehead atoms. The quantitative estimate of drug-likeness (QED) is 0.509. The van der Waals surface area contributed by atoms with Crippen LogP contribution in [-0.4, -0.2) is 39.8 Å². The molecule has 1 aromatic heterocycles. The van der Waals surface area contributed by atoms with E-state index in [1.807, 2.05) is 5.32 Å². The summed E-state index contributed by atoms with van der Waals surface area (Å²) in [4.78, 5) is 36.5. The number of carboxylic acids is 1. The number of aromatic hydroxyl groups is 1. The lowest BCUT2D eigenvalue weighted by Gasteiger charge is -2.29. The molecule has 3 N–H and O–H groups in total. The van der Waals surface area contributed by atoms with E-state index < -0.39 is 58.9 Å².